The first-order valence-corrected chi connectivity index (χ1v) is 10.1. The molecule has 0 aromatic heterocycles. The molecule has 3 rings (SSSR count). The van der Waals surface area contributed by atoms with Crippen LogP contribution in [0.15, 0.2) is 54.1 Å². The number of likely N-dealkylation sites (tertiary alicyclic amines) is 1. The van der Waals surface area contributed by atoms with Gasteiger partial charge in [-0.15, -0.1) is 0 Å². The lowest BCUT2D eigenvalue weighted by molar-refractivity contribution is -0.140. The van der Waals surface area contributed by atoms with E-state index in [0.717, 1.165) is 0 Å². The van der Waals surface area contributed by atoms with Crippen LogP contribution in [-0.2, 0) is 14.3 Å². The third kappa shape index (κ3) is 4.50. The molecule has 30 heavy (non-hydrogen) atoms. The van der Waals surface area contributed by atoms with Crippen LogP contribution >= 0.6 is 11.6 Å². The number of ether oxygens (including phenoxy) is 2. The van der Waals surface area contributed by atoms with Crippen molar-refractivity contribution >= 4 is 29.1 Å². The van der Waals surface area contributed by atoms with Crippen molar-refractivity contribution in [1.29, 1.82) is 0 Å². The van der Waals surface area contributed by atoms with Crippen molar-refractivity contribution in [3.63, 3.8) is 0 Å². The van der Waals surface area contributed by atoms with Crippen LogP contribution in [0.3, 0.4) is 0 Å². The standard InChI is InChI=1S/C23H24ClNO5/c1-3-30-18-11-7-16(8-12-18)21(26)19-20(15-5-9-17(24)10-6-15)25(13-4-14-29-2)23(28)22(19)27/h5-12,20,26H,3-4,13-14H2,1-2H3. The van der Waals surface area contributed by atoms with E-state index in [4.69, 9.17) is 21.1 Å². The molecule has 1 aliphatic rings. The number of halogens is 1. The Morgan fingerprint density at radius 2 is 1.77 bits per heavy atom. The molecule has 1 aliphatic heterocycles. The van der Waals surface area contributed by atoms with Gasteiger partial charge in [0.2, 0.25) is 0 Å². The number of rotatable bonds is 8. The van der Waals surface area contributed by atoms with E-state index < -0.39 is 17.7 Å². The summed E-state index contributed by atoms with van der Waals surface area (Å²) in [6.07, 6.45) is 0.566. The van der Waals surface area contributed by atoms with Gasteiger partial charge in [0.05, 0.1) is 18.2 Å². The first-order chi connectivity index (χ1) is 14.5. The van der Waals surface area contributed by atoms with E-state index in [0.29, 0.717) is 48.1 Å². The van der Waals surface area contributed by atoms with Crippen molar-refractivity contribution in [2.45, 2.75) is 19.4 Å². The van der Waals surface area contributed by atoms with E-state index in [1.165, 1.54) is 4.90 Å². The van der Waals surface area contributed by atoms with Gasteiger partial charge in [-0.25, -0.2) is 0 Å². The molecular formula is C23H24ClNO5. The Kier molecular flexibility index (Phi) is 7.13. The number of carbonyl (C=O) groups excluding carboxylic acids is 2. The highest BCUT2D eigenvalue weighted by molar-refractivity contribution is 6.46. The number of hydrogen-bond acceptors (Lipinski definition) is 5. The molecule has 2 aromatic rings. The second-order valence-corrected chi connectivity index (χ2v) is 7.28. The average Bonchev–Trinajstić information content (AvgIpc) is 3.00. The summed E-state index contributed by atoms with van der Waals surface area (Å²) < 4.78 is 10.5. The molecule has 0 radical (unpaired) electrons. The van der Waals surface area contributed by atoms with E-state index in [9.17, 15) is 14.7 Å². The summed E-state index contributed by atoms with van der Waals surface area (Å²) in [5.74, 6) is -0.911. The lowest BCUT2D eigenvalue weighted by atomic mass is 9.95. The fourth-order valence-corrected chi connectivity index (χ4v) is 3.64. The van der Waals surface area contributed by atoms with Crippen LogP contribution < -0.4 is 4.74 Å². The van der Waals surface area contributed by atoms with Gasteiger partial charge in [-0.1, -0.05) is 23.7 Å². The van der Waals surface area contributed by atoms with Gasteiger partial charge < -0.3 is 19.5 Å². The van der Waals surface area contributed by atoms with Gasteiger partial charge in [-0.2, -0.15) is 0 Å². The Morgan fingerprint density at radius 3 is 2.37 bits per heavy atom. The number of hydrogen-bond donors (Lipinski definition) is 1. The molecule has 6 nitrogen and oxygen atoms in total. The maximum atomic E-state index is 12.9. The molecule has 0 bridgehead atoms. The van der Waals surface area contributed by atoms with Gasteiger partial charge in [0, 0.05) is 30.8 Å². The molecule has 1 heterocycles. The molecule has 0 saturated carbocycles. The summed E-state index contributed by atoms with van der Waals surface area (Å²) in [6, 6.07) is 13.0. The molecule has 1 unspecified atom stereocenters. The van der Waals surface area contributed by atoms with Crippen LogP contribution in [0.2, 0.25) is 5.02 Å². The molecule has 1 fully saturated rings. The molecule has 1 amide bonds. The number of methoxy groups -OCH3 is 1. The third-order valence-corrected chi connectivity index (χ3v) is 5.16. The summed E-state index contributed by atoms with van der Waals surface area (Å²) in [4.78, 5) is 27.1. The van der Waals surface area contributed by atoms with Crippen molar-refractivity contribution < 1.29 is 24.2 Å². The Balaban J connectivity index is 2.06. The quantitative estimate of drug-likeness (QED) is 0.294. The first-order valence-electron chi connectivity index (χ1n) is 9.74. The Hall–Kier alpha value is -2.83. The monoisotopic (exact) mass is 429 g/mol. The SMILES string of the molecule is CCOc1ccc(C(O)=C2C(=O)C(=O)N(CCCOC)C2c2ccc(Cl)cc2)cc1. The van der Waals surface area contributed by atoms with Crippen molar-refractivity contribution in [2.24, 2.45) is 0 Å². The minimum atomic E-state index is -0.709. The molecule has 7 heteroatoms. The molecule has 0 spiro atoms. The molecule has 1 atom stereocenters. The number of nitrogens with zero attached hydrogens (tertiary/aromatic N) is 1. The number of ketones is 1. The summed E-state index contributed by atoms with van der Waals surface area (Å²) >= 11 is 6.01. The summed E-state index contributed by atoms with van der Waals surface area (Å²) in [7, 11) is 1.58. The second-order valence-electron chi connectivity index (χ2n) is 6.85. The van der Waals surface area contributed by atoms with Crippen LogP contribution in [0.25, 0.3) is 5.76 Å². The summed E-state index contributed by atoms with van der Waals surface area (Å²) in [5.41, 5.74) is 1.19. The maximum Gasteiger partial charge on any atom is 0.295 e. The molecule has 1 saturated heterocycles. The van der Waals surface area contributed by atoms with E-state index in [-0.39, 0.29) is 11.3 Å². The highest BCUT2D eigenvalue weighted by atomic mass is 35.5. The van der Waals surface area contributed by atoms with Crippen LogP contribution in [0.4, 0.5) is 0 Å². The average molecular weight is 430 g/mol. The normalized spacial score (nSPS) is 18.1. The Labute approximate surface area is 180 Å². The van der Waals surface area contributed by atoms with E-state index in [1.54, 1.807) is 55.6 Å². The van der Waals surface area contributed by atoms with Crippen LogP contribution in [-0.4, -0.2) is 48.6 Å². The van der Waals surface area contributed by atoms with Gasteiger partial charge >= 0.3 is 0 Å². The van der Waals surface area contributed by atoms with Crippen molar-refractivity contribution in [1.82, 2.24) is 4.90 Å². The van der Waals surface area contributed by atoms with E-state index >= 15 is 0 Å². The highest BCUT2D eigenvalue weighted by Crippen LogP contribution is 2.39. The lowest BCUT2D eigenvalue weighted by Crippen LogP contribution is -2.31. The van der Waals surface area contributed by atoms with Crippen molar-refractivity contribution in [3.8, 4) is 5.75 Å². The fraction of sp³-hybridized carbons (Fsp3) is 0.304. The van der Waals surface area contributed by atoms with Gasteiger partial charge in [-0.05, 0) is 55.3 Å². The summed E-state index contributed by atoms with van der Waals surface area (Å²) in [5, 5.41) is 11.5. The zero-order valence-electron chi connectivity index (χ0n) is 16.9. The number of aliphatic hydroxyl groups is 1. The Morgan fingerprint density at radius 1 is 1.10 bits per heavy atom. The number of aliphatic hydroxyl groups excluding tert-OH is 1. The number of amides is 1. The number of carbonyl (C=O) groups is 2. The number of benzene rings is 2. The van der Waals surface area contributed by atoms with Crippen molar-refractivity contribution in [3.05, 3.63) is 70.3 Å². The topological polar surface area (TPSA) is 76.1 Å². The molecule has 1 N–H and O–H groups in total. The smallest absolute Gasteiger partial charge is 0.295 e. The van der Waals surface area contributed by atoms with Crippen LogP contribution in [0.1, 0.15) is 30.5 Å². The molecule has 0 aliphatic carbocycles. The Bertz CT molecular complexity index is 937. The highest BCUT2D eigenvalue weighted by Gasteiger charge is 2.45. The van der Waals surface area contributed by atoms with Crippen LogP contribution in [0.5, 0.6) is 5.75 Å². The molecule has 2 aromatic carbocycles. The zero-order valence-corrected chi connectivity index (χ0v) is 17.7. The predicted molar refractivity (Wildman–Crippen MR) is 115 cm³/mol. The minimum absolute atomic E-state index is 0.0592. The van der Waals surface area contributed by atoms with Gasteiger partial charge in [-0.3, -0.25) is 9.59 Å². The molecule has 158 valence electrons. The van der Waals surface area contributed by atoms with Crippen LogP contribution in [0, 0.1) is 0 Å². The maximum absolute atomic E-state index is 12.9. The van der Waals surface area contributed by atoms with Crippen molar-refractivity contribution in [2.75, 3.05) is 26.9 Å². The summed E-state index contributed by atoms with van der Waals surface area (Å²) in [6.45, 7) is 3.18. The third-order valence-electron chi connectivity index (χ3n) is 4.91. The largest absolute Gasteiger partial charge is 0.507 e. The first kappa shape index (κ1) is 21.9. The predicted octanol–water partition coefficient (Wildman–Crippen LogP) is 4.20. The van der Waals surface area contributed by atoms with E-state index in [2.05, 4.69) is 0 Å². The van der Waals surface area contributed by atoms with E-state index in [1.807, 2.05) is 6.92 Å². The zero-order chi connectivity index (χ0) is 21.7. The minimum Gasteiger partial charge on any atom is -0.507 e. The second kappa shape index (κ2) is 9.78. The lowest BCUT2D eigenvalue weighted by Gasteiger charge is -2.25. The van der Waals surface area contributed by atoms with Gasteiger partial charge in [0.1, 0.15) is 11.5 Å². The molecular weight excluding hydrogens is 406 g/mol. The fourth-order valence-electron chi connectivity index (χ4n) is 3.51. The van der Waals surface area contributed by atoms with Gasteiger partial charge in [0.25, 0.3) is 11.7 Å². The number of Topliss-reactive ketones (excluding diaryl/α,β-unsaturated/α-hetero) is 1. The van der Waals surface area contributed by atoms with Gasteiger partial charge in [0.15, 0.2) is 0 Å².